The number of hydrogen-bond acceptors (Lipinski definition) is 5. The van der Waals surface area contributed by atoms with E-state index >= 15 is 0 Å². The van der Waals surface area contributed by atoms with Gasteiger partial charge in [0.15, 0.2) is 5.13 Å². The number of benzene rings is 1. The number of para-hydroxylation sites is 1. The van der Waals surface area contributed by atoms with Crippen LogP contribution in [-0.2, 0) is 0 Å². The number of rotatable bonds is 6. The summed E-state index contributed by atoms with van der Waals surface area (Å²) >= 11 is 7.70. The molecule has 3 aromatic rings. The van der Waals surface area contributed by atoms with Gasteiger partial charge < -0.3 is 9.64 Å². The molecule has 0 unspecified atom stereocenters. The second kappa shape index (κ2) is 9.20. The summed E-state index contributed by atoms with van der Waals surface area (Å²) in [5.41, 5.74) is 2.74. The van der Waals surface area contributed by atoms with Crippen LogP contribution >= 0.6 is 22.9 Å². The van der Waals surface area contributed by atoms with Crippen molar-refractivity contribution < 1.29 is 9.53 Å². The lowest BCUT2D eigenvalue weighted by molar-refractivity contribution is 0.0619. The lowest BCUT2D eigenvalue weighted by Crippen LogP contribution is -2.49. The normalized spacial score (nSPS) is 14.8. The number of carbonyl (C=O) groups excluding carboxylic acids is 1. The van der Waals surface area contributed by atoms with Crippen LogP contribution < -0.4 is 4.74 Å². The Morgan fingerprint density at radius 2 is 1.97 bits per heavy atom. The molecule has 0 radical (unpaired) electrons. The van der Waals surface area contributed by atoms with E-state index in [0.717, 1.165) is 41.7 Å². The van der Waals surface area contributed by atoms with Crippen molar-refractivity contribution in [2.45, 2.75) is 13.8 Å². The minimum absolute atomic E-state index is 0.0953. The van der Waals surface area contributed by atoms with Crippen LogP contribution in [0.2, 0.25) is 5.02 Å². The van der Waals surface area contributed by atoms with Crippen molar-refractivity contribution in [3.05, 3.63) is 63.9 Å². The summed E-state index contributed by atoms with van der Waals surface area (Å²) in [5.74, 6) is 0.807. The van der Waals surface area contributed by atoms with Crippen LogP contribution in [0, 0.1) is 13.8 Å². The van der Waals surface area contributed by atoms with Crippen molar-refractivity contribution in [1.82, 2.24) is 19.4 Å². The van der Waals surface area contributed by atoms with Gasteiger partial charge in [-0.1, -0.05) is 23.7 Å². The van der Waals surface area contributed by atoms with E-state index in [0.29, 0.717) is 30.5 Å². The molecule has 0 N–H and O–H groups in total. The number of amides is 1. The molecule has 2 aromatic heterocycles. The minimum Gasteiger partial charge on any atom is -0.491 e. The molecule has 8 heteroatoms. The third-order valence-electron chi connectivity index (χ3n) is 5.43. The highest BCUT2D eigenvalue weighted by molar-refractivity contribution is 7.12. The van der Waals surface area contributed by atoms with Crippen molar-refractivity contribution >= 4 is 28.8 Å². The van der Waals surface area contributed by atoms with Crippen molar-refractivity contribution in [3.63, 3.8) is 0 Å². The van der Waals surface area contributed by atoms with Gasteiger partial charge in [-0.3, -0.25) is 14.3 Å². The van der Waals surface area contributed by atoms with E-state index in [1.165, 1.54) is 0 Å². The molecule has 0 aliphatic carbocycles. The number of carbonyl (C=O) groups is 1. The summed E-state index contributed by atoms with van der Waals surface area (Å²) in [6.07, 6.45) is 1.79. The van der Waals surface area contributed by atoms with Crippen molar-refractivity contribution in [2.24, 2.45) is 0 Å². The summed E-state index contributed by atoms with van der Waals surface area (Å²) in [7, 11) is 0. The highest BCUT2D eigenvalue weighted by Crippen LogP contribution is 2.24. The standard InChI is InChI=1S/C22H25ClN4O2S/c1-16-15-18(17(2)27(16)22-24-7-14-30-22)21(28)26-10-8-25(9-11-26)12-13-29-20-6-4-3-5-19(20)23/h3-7,14-15H,8-13H2,1-2H3. The number of halogens is 1. The predicted molar refractivity (Wildman–Crippen MR) is 120 cm³/mol. The summed E-state index contributed by atoms with van der Waals surface area (Å²) < 4.78 is 7.84. The number of nitrogens with zero attached hydrogens (tertiary/aromatic N) is 4. The molecule has 1 aliphatic heterocycles. The van der Waals surface area contributed by atoms with Crippen molar-refractivity contribution in [3.8, 4) is 10.9 Å². The Morgan fingerprint density at radius 3 is 2.67 bits per heavy atom. The van der Waals surface area contributed by atoms with Crippen LogP contribution in [0.25, 0.3) is 5.13 Å². The van der Waals surface area contributed by atoms with Gasteiger partial charge in [-0.25, -0.2) is 4.98 Å². The van der Waals surface area contributed by atoms with Crippen molar-refractivity contribution in [1.29, 1.82) is 0 Å². The third-order valence-corrected chi connectivity index (χ3v) is 6.50. The lowest BCUT2D eigenvalue weighted by Gasteiger charge is -2.34. The molecule has 1 fully saturated rings. The molecule has 1 aromatic carbocycles. The summed E-state index contributed by atoms with van der Waals surface area (Å²) in [6, 6.07) is 9.48. The van der Waals surface area contributed by atoms with E-state index in [9.17, 15) is 4.79 Å². The van der Waals surface area contributed by atoms with Crippen LogP contribution in [0.5, 0.6) is 5.75 Å². The molecule has 0 spiro atoms. The summed E-state index contributed by atoms with van der Waals surface area (Å²) in [5, 5.41) is 3.47. The average molecular weight is 445 g/mol. The first-order valence-corrected chi connectivity index (χ1v) is 11.3. The second-order valence-corrected chi connectivity index (χ2v) is 8.63. The Bertz CT molecular complexity index is 1010. The molecule has 30 heavy (non-hydrogen) atoms. The molecule has 1 aliphatic rings. The van der Waals surface area contributed by atoms with Gasteiger partial charge in [0.25, 0.3) is 5.91 Å². The van der Waals surface area contributed by atoms with E-state index in [-0.39, 0.29) is 5.91 Å². The van der Waals surface area contributed by atoms with Gasteiger partial charge in [0.2, 0.25) is 0 Å². The van der Waals surface area contributed by atoms with Crippen molar-refractivity contribution in [2.75, 3.05) is 39.3 Å². The molecule has 3 heterocycles. The quantitative estimate of drug-likeness (QED) is 0.575. The molecule has 1 saturated heterocycles. The molecule has 6 nitrogen and oxygen atoms in total. The summed E-state index contributed by atoms with van der Waals surface area (Å²) in [6.45, 7) is 8.49. The fourth-order valence-corrected chi connectivity index (χ4v) is 4.73. The van der Waals surface area contributed by atoms with Gasteiger partial charge in [-0.15, -0.1) is 11.3 Å². The van der Waals surface area contributed by atoms with Crippen LogP contribution in [0.15, 0.2) is 41.9 Å². The lowest BCUT2D eigenvalue weighted by atomic mass is 10.2. The Balaban J connectivity index is 1.32. The maximum Gasteiger partial charge on any atom is 0.255 e. The third kappa shape index (κ3) is 4.38. The molecule has 1 amide bonds. The molecular weight excluding hydrogens is 420 g/mol. The first-order chi connectivity index (χ1) is 14.5. The minimum atomic E-state index is 0.0953. The van der Waals surface area contributed by atoms with Gasteiger partial charge in [0.05, 0.1) is 10.6 Å². The molecule has 0 atom stereocenters. The molecule has 158 valence electrons. The highest BCUT2D eigenvalue weighted by atomic mass is 35.5. The monoisotopic (exact) mass is 444 g/mol. The van der Waals surface area contributed by atoms with Gasteiger partial charge in [0, 0.05) is 55.7 Å². The Kier molecular flexibility index (Phi) is 6.41. The maximum atomic E-state index is 13.1. The second-order valence-electron chi connectivity index (χ2n) is 7.35. The molecule has 4 rings (SSSR count). The first kappa shape index (κ1) is 20.9. The Morgan fingerprint density at radius 1 is 1.20 bits per heavy atom. The van der Waals surface area contributed by atoms with Gasteiger partial charge in [0.1, 0.15) is 12.4 Å². The number of piperazine rings is 1. The fraction of sp³-hybridized carbons (Fsp3) is 0.364. The average Bonchev–Trinajstić information content (AvgIpc) is 3.37. The summed E-state index contributed by atoms with van der Waals surface area (Å²) in [4.78, 5) is 21.8. The zero-order chi connectivity index (χ0) is 21.1. The number of ether oxygens (including phenoxy) is 1. The SMILES string of the molecule is Cc1cc(C(=O)N2CCN(CCOc3ccccc3Cl)CC2)c(C)n1-c1nccs1. The Labute approximate surface area is 185 Å². The fourth-order valence-electron chi connectivity index (χ4n) is 3.79. The van der Waals surface area contributed by atoms with E-state index < -0.39 is 0 Å². The first-order valence-electron chi connectivity index (χ1n) is 10.0. The van der Waals surface area contributed by atoms with Gasteiger partial charge in [-0.05, 0) is 32.0 Å². The topological polar surface area (TPSA) is 50.6 Å². The number of aromatic nitrogens is 2. The Hall–Kier alpha value is -2.35. The molecular formula is C22H25ClN4O2S. The van der Waals surface area contributed by atoms with E-state index in [2.05, 4.69) is 14.5 Å². The molecule has 0 saturated carbocycles. The van der Waals surface area contributed by atoms with Gasteiger partial charge >= 0.3 is 0 Å². The largest absolute Gasteiger partial charge is 0.491 e. The number of thiazole rings is 1. The smallest absolute Gasteiger partial charge is 0.255 e. The van der Waals surface area contributed by atoms with Gasteiger partial charge in [-0.2, -0.15) is 0 Å². The van der Waals surface area contributed by atoms with Crippen LogP contribution in [0.1, 0.15) is 21.7 Å². The zero-order valence-corrected chi connectivity index (χ0v) is 18.7. The number of hydrogen-bond donors (Lipinski definition) is 0. The van der Waals surface area contributed by atoms with E-state index in [4.69, 9.17) is 16.3 Å². The van der Waals surface area contributed by atoms with Crippen LogP contribution in [-0.4, -0.2) is 64.6 Å². The van der Waals surface area contributed by atoms with E-state index in [1.807, 2.05) is 54.5 Å². The van der Waals surface area contributed by atoms with E-state index in [1.54, 1.807) is 17.5 Å². The maximum absolute atomic E-state index is 13.1. The highest BCUT2D eigenvalue weighted by Gasteiger charge is 2.25. The van der Waals surface area contributed by atoms with Crippen LogP contribution in [0.3, 0.4) is 0 Å². The van der Waals surface area contributed by atoms with Crippen LogP contribution in [0.4, 0.5) is 0 Å². The number of aryl methyl sites for hydroxylation is 1. The molecule has 0 bridgehead atoms. The zero-order valence-electron chi connectivity index (χ0n) is 17.2. The predicted octanol–water partition coefficient (Wildman–Crippen LogP) is 4.04.